The Balaban J connectivity index is 2.19. The van der Waals surface area contributed by atoms with Gasteiger partial charge in [-0.1, -0.05) is 0 Å². The van der Waals surface area contributed by atoms with Gasteiger partial charge in [0, 0.05) is 31.7 Å². The second-order valence-corrected chi connectivity index (χ2v) is 10.5. The van der Waals surface area contributed by atoms with E-state index >= 15 is 0 Å². The fourth-order valence-corrected chi connectivity index (χ4v) is 5.16. The quantitative estimate of drug-likeness (QED) is 0.618. The molecule has 1 heterocycles. The molecule has 9 heteroatoms. The highest BCUT2D eigenvalue weighted by Gasteiger charge is 2.37. The summed E-state index contributed by atoms with van der Waals surface area (Å²) >= 11 is 0. The first-order valence-corrected chi connectivity index (χ1v) is 12.4. The number of rotatable bonds is 9. The molecule has 1 aliphatic rings. The zero-order valence-electron chi connectivity index (χ0n) is 19.1. The van der Waals surface area contributed by atoms with Crippen LogP contribution in [0, 0.1) is 5.92 Å². The van der Waals surface area contributed by atoms with Gasteiger partial charge in [0.2, 0.25) is 15.9 Å². The van der Waals surface area contributed by atoms with Gasteiger partial charge in [0.1, 0.15) is 11.8 Å². The van der Waals surface area contributed by atoms with Crippen molar-refractivity contribution < 1.29 is 22.7 Å². The van der Waals surface area contributed by atoms with Crippen LogP contribution in [0.5, 0.6) is 5.75 Å². The number of benzene rings is 1. The van der Waals surface area contributed by atoms with E-state index in [0.29, 0.717) is 50.3 Å². The first-order chi connectivity index (χ1) is 14.6. The molecule has 31 heavy (non-hydrogen) atoms. The van der Waals surface area contributed by atoms with Crippen LogP contribution in [-0.4, -0.2) is 74.0 Å². The van der Waals surface area contributed by atoms with Crippen molar-refractivity contribution in [2.75, 3.05) is 33.3 Å². The average Bonchev–Trinajstić information content (AvgIpc) is 2.78. The van der Waals surface area contributed by atoms with E-state index in [1.165, 1.54) is 4.31 Å². The fourth-order valence-electron chi connectivity index (χ4n) is 3.84. The number of carbonyl (C=O) groups excluding carboxylic acids is 2. The van der Waals surface area contributed by atoms with E-state index in [1.54, 1.807) is 50.1 Å². The normalized spacial score (nSPS) is 16.7. The van der Waals surface area contributed by atoms with Crippen molar-refractivity contribution in [3.05, 3.63) is 29.8 Å². The standard InChI is InChI=1S/C22H35N3O5S/c1-6-24(7-2)22(27)20(23-21(26)18-8-10-19(30-5)11-9-18)17-12-14-25(15-13-17)31(28,29)16(3)4/h8-11,16-17,20H,6-7,12-15H2,1-5H3,(H,23,26). The van der Waals surface area contributed by atoms with Gasteiger partial charge in [0.15, 0.2) is 0 Å². The highest BCUT2D eigenvalue weighted by molar-refractivity contribution is 7.89. The minimum atomic E-state index is -3.33. The van der Waals surface area contributed by atoms with Gasteiger partial charge in [-0.25, -0.2) is 12.7 Å². The molecule has 0 bridgehead atoms. The van der Waals surface area contributed by atoms with E-state index in [4.69, 9.17) is 4.74 Å². The molecule has 1 unspecified atom stereocenters. The minimum Gasteiger partial charge on any atom is -0.497 e. The summed E-state index contributed by atoms with van der Waals surface area (Å²) in [6, 6.07) is 6.02. The number of carbonyl (C=O) groups is 2. The Labute approximate surface area is 186 Å². The number of methoxy groups -OCH3 is 1. The van der Waals surface area contributed by atoms with Crippen LogP contribution in [0.3, 0.4) is 0 Å². The molecule has 1 fully saturated rings. The zero-order chi connectivity index (χ0) is 23.2. The van der Waals surface area contributed by atoms with E-state index in [-0.39, 0.29) is 17.7 Å². The van der Waals surface area contributed by atoms with Gasteiger partial charge >= 0.3 is 0 Å². The molecule has 1 aromatic carbocycles. The number of piperidine rings is 1. The third-order valence-electron chi connectivity index (χ3n) is 5.91. The molecule has 1 N–H and O–H groups in total. The Bertz CT molecular complexity index is 842. The van der Waals surface area contributed by atoms with Crippen LogP contribution < -0.4 is 10.1 Å². The van der Waals surface area contributed by atoms with Gasteiger partial charge < -0.3 is 15.0 Å². The Morgan fingerprint density at radius 3 is 2.13 bits per heavy atom. The number of sulfonamides is 1. The lowest BCUT2D eigenvalue weighted by Gasteiger charge is -2.37. The molecule has 0 aromatic heterocycles. The average molecular weight is 454 g/mol. The predicted molar refractivity (Wildman–Crippen MR) is 121 cm³/mol. The summed E-state index contributed by atoms with van der Waals surface area (Å²) in [6.45, 7) is 8.95. The van der Waals surface area contributed by atoms with E-state index < -0.39 is 21.3 Å². The minimum absolute atomic E-state index is 0.128. The summed E-state index contributed by atoms with van der Waals surface area (Å²) in [5, 5.41) is 2.45. The van der Waals surface area contributed by atoms with E-state index in [0.717, 1.165) is 0 Å². The molecular formula is C22H35N3O5S. The third kappa shape index (κ3) is 5.98. The van der Waals surface area contributed by atoms with Crippen LogP contribution in [-0.2, 0) is 14.8 Å². The van der Waals surface area contributed by atoms with Crippen molar-refractivity contribution >= 4 is 21.8 Å². The number of ether oxygens (including phenoxy) is 1. The van der Waals surface area contributed by atoms with Crippen molar-refractivity contribution in [3.63, 3.8) is 0 Å². The Morgan fingerprint density at radius 1 is 1.13 bits per heavy atom. The van der Waals surface area contributed by atoms with Crippen LogP contribution in [0.25, 0.3) is 0 Å². The molecule has 1 aliphatic heterocycles. The van der Waals surface area contributed by atoms with Gasteiger partial charge in [-0.05, 0) is 70.7 Å². The highest BCUT2D eigenvalue weighted by atomic mass is 32.2. The Morgan fingerprint density at radius 2 is 1.68 bits per heavy atom. The van der Waals surface area contributed by atoms with E-state index in [9.17, 15) is 18.0 Å². The van der Waals surface area contributed by atoms with Gasteiger partial charge in [0.05, 0.1) is 12.4 Å². The van der Waals surface area contributed by atoms with Gasteiger partial charge in [-0.2, -0.15) is 0 Å². The second-order valence-electron chi connectivity index (χ2n) is 8.02. The molecule has 2 amide bonds. The summed E-state index contributed by atoms with van der Waals surface area (Å²) in [7, 11) is -1.77. The van der Waals surface area contributed by atoms with Crippen LogP contribution in [0.4, 0.5) is 0 Å². The summed E-state index contributed by atoms with van der Waals surface area (Å²) in [5.74, 6) is 0.0578. The van der Waals surface area contributed by atoms with E-state index in [2.05, 4.69) is 5.32 Å². The van der Waals surface area contributed by atoms with Crippen molar-refractivity contribution in [3.8, 4) is 5.75 Å². The van der Waals surface area contributed by atoms with Crippen LogP contribution in [0.1, 0.15) is 50.9 Å². The maximum Gasteiger partial charge on any atom is 0.251 e. The largest absolute Gasteiger partial charge is 0.497 e. The number of hydrogen-bond donors (Lipinski definition) is 1. The molecule has 174 valence electrons. The van der Waals surface area contributed by atoms with Gasteiger partial charge in [-0.3, -0.25) is 9.59 Å². The molecule has 1 aromatic rings. The van der Waals surface area contributed by atoms with Crippen molar-refractivity contribution in [1.82, 2.24) is 14.5 Å². The summed E-state index contributed by atoms with van der Waals surface area (Å²) in [4.78, 5) is 27.8. The monoisotopic (exact) mass is 453 g/mol. The smallest absolute Gasteiger partial charge is 0.251 e. The van der Waals surface area contributed by atoms with E-state index in [1.807, 2.05) is 13.8 Å². The topological polar surface area (TPSA) is 96.0 Å². The lowest BCUT2D eigenvalue weighted by Crippen LogP contribution is -2.55. The number of nitrogens with one attached hydrogen (secondary N) is 1. The molecule has 1 atom stereocenters. The zero-order valence-corrected chi connectivity index (χ0v) is 19.9. The highest BCUT2D eigenvalue weighted by Crippen LogP contribution is 2.25. The first kappa shape index (κ1) is 25.1. The van der Waals surface area contributed by atoms with Gasteiger partial charge in [-0.15, -0.1) is 0 Å². The maximum absolute atomic E-state index is 13.2. The summed E-state index contributed by atoms with van der Waals surface area (Å²) in [5.41, 5.74) is 0.443. The summed E-state index contributed by atoms with van der Waals surface area (Å²) in [6.07, 6.45) is 1.04. The first-order valence-electron chi connectivity index (χ1n) is 10.9. The van der Waals surface area contributed by atoms with Crippen molar-refractivity contribution in [1.29, 1.82) is 0 Å². The molecule has 8 nitrogen and oxygen atoms in total. The predicted octanol–water partition coefficient (Wildman–Crippen LogP) is 2.11. The number of nitrogens with zero attached hydrogens (tertiary/aromatic N) is 2. The lowest BCUT2D eigenvalue weighted by molar-refractivity contribution is -0.134. The molecule has 0 aliphatic carbocycles. The van der Waals surface area contributed by atoms with Crippen LogP contribution in [0.15, 0.2) is 24.3 Å². The van der Waals surface area contributed by atoms with Crippen LogP contribution >= 0.6 is 0 Å². The Kier molecular flexibility index (Phi) is 8.88. The molecule has 0 spiro atoms. The molecule has 1 saturated heterocycles. The number of likely N-dealkylation sites (N-methyl/N-ethyl adjacent to an activating group) is 1. The number of hydrogen-bond acceptors (Lipinski definition) is 5. The van der Waals surface area contributed by atoms with Crippen molar-refractivity contribution in [2.24, 2.45) is 5.92 Å². The Hall–Kier alpha value is -2.13. The maximum atomic E-state index is 13.2. The SMILES string of the molecule is CCN(CC)C(=O)C(NC(=O)c1ccc(OC)cc1)C1CCN(S(=O)(=O)C(C)C)CC1. The molecule has 0 radical (unpaired) electrons. The number of amides is 2. The van der Waals surface area contributed by atoms with Gasteiger partial charge in [0.25, 0.3) is 5.91 Å². The molecular weight excluding hydrogens is 418 g/mol. The second kappa shape index (κ2) is 10.9. The van der Waals surface area contributed by atoms with Crippen molar-refractivity contribution in [2.45, 2.75) is 51.8 Å². The fraction of sp³-hybridized carbons (Fsp3) is 0.636. The summed E-state index contributed by atoms with van der Waals surface area (Å²) < 4.78 is 31.6. The molecule has 2 rings (SSSR count). The third-order valence-corrected chi connectivity index (χ3v) is 8.18. The molecule has 0 saturated carbocycles. The van der Waals surface area contributed by atoms with Crippen LogP contribution in [0.2, 0.25) is 0 Å². The lowest BCUT2D eigenvalue weighted by atomic mass is 9.89.